The molecule has 0 amide bonds. The van der Waals surface area contributed by atoms with Crippen LogP contribution in [0.15, 0.2) is 24.4 Å². The Morgan fingerprint density at radius 1 is 1.43 bits per heavy atom. The van der Waals surface area contributed by atoms with Gasteiger partial charge in [0.2, 0.25) is 0 Å². The molecule has 2 nitrogen and oxygen atoms in total. The van der Waals surface area contributed by atoms with Gasteiger partial charge in [0.1, 0.15) is 6.07 Å². The van der Waals surface area contributed by atoms with Gasteiger partial charge in [-0.3, -0.25) is 4.98 Å². The van der Waals surface area contributed by atoms with E-state index in [4.69, 9.17) is 16.9 Å². The maximum absolute atomic E-state index is 8.82. The van der Waals surface area contributed by atoms with Crippen molar-refractivity contribution < 1.29 is 0 Å². The number of rotatable bonds is 0. The largest absolute Gasteiger partial charge is 0.253 e. The Balaban J connectivity index is 2.92. The monoisotopic (exact) mass is 202 g/mol. The van der Waals surface area contributed by atoms with Crippen molar-refractivity contribution in [3.05, 3.63) is 40.5 Å². The van der Waals surface area contributed by atoms with Crippen molar-refractivity contribution in [2.45, 2.75) is 6.92 Å². The summed E-state index contributed by atoms with van der Waals surface area (Å²) in [6.07, 6.45) is 1.56. The topological polar surface area (TPSA) is 36.7 Å². The van der Waals surface area contributed by atoms with Crippen LogP contribution in [-0.2, 0) is 0 Å². The Morgan fingerprint density at radius 3 is 2.93 bits per heavy atom. The highest BCUT2D eigenvalue weighted by molar-refractivity contribution is 6.35. The summed E-state index contributed by atoms with van der Waals surface area (Å²) in [6, 6.07) is 7.68. The first-order chi connectivity index (χ1) is 6.74. The molecule has 0 spiro atoms. The second-order valence-corrected chi connectivity index (χ2v) is 3.45. The van der Waals surface area contributed by atoms with Crippen LogP contribution in [0.3, 0.4) is 0 Å². The summed E-state index contributed by atoms with van der Waals surface area (Å²) in [5.74, 6) is 0. The van der Waals surface area contributed by atoms with E-state index in [0.717, 1.165) is 16.5 Å². The van der Waals surface area contributed by atoms with Crippen LogP contribution < -0.4 is 0 Å². The lowest BCUT2D eigenvalue weighted by Gasteiger charge is -2.03. The summed E-state index contributed by atoms with van der Waals surface area (Å²) < 4.78 is 0. The molecule has 0 fully saturated rings. The van der Waals surface area contributed by atoms with Crippen molar-refractivity contribution in [1.29, 1.82) is 5.26 Å². The molecule has 0 aliphatic heterocycles. The predicted molar refractivity (Wildman–Crippen MR) is 56.2 cm³/mol. The molecule has 0 radical (unpaired) electrons. The number of hydrogen-bond donors (Lipinski definition) is 0. The first-order valence-electron chi connectivity index (χ1n) is 4.18. The van der Waals surface area contributed by atoms with Crippen LogP contribution in [0.4, 0.5) is 0 Å². The number of halogens is 1. The highest BCUT2D eigenvalue weighted by atomic mass is 35.5. The third kappa shape index (κ3) is 1.23. The van der Waals surface area contributed by atoms with Crippen molar-refractivity contribution in [1.82, 2.24) is 4.98 Å². The van der Waals surface area contributed by atoms with E-state index in [1.165, 1.54) is 0 Å². The van der Waals surface area contributed by atoms with Crippen LogP contribution in [0.1, 0.15) is 11.1 Å². The maximum atomic E-state index is 8.82. The highest BCUT2D eigenvalue weighted by Gasteiger charge is 2.05. The third-order valence-corrected chi connectivity index (χ3v) is 2.54. The van der Waals surface area contributed by atoms with Crippen LogP contribution in [0, 0.1) is 18.3 Å². The van der Waals surface area contributed by atoms with E-state index in [1.54, 1.807) is 12.3 Å². The van der Waals surface area contributed by atoms with Crippen molar-refractivity contribution >= 4 is 22.5 Å². The number of pyridine rings is 1. The SMILES string of the molecule is Cc1c(C#N)cnc2c(Cl)cccc12. The first-order valence-corrected chi connectivity index (χ1v) is 4.56. The van der Waals surface area contributed by atoms with Crippen LogP contribution in [0.25, 0.3) is 10.9 Å². The van der Waals surface area contributed by atoms with Crippen LogP contribution >= 0.6 is 11.6 Å². The van der Waals surface area contributed by atoms with Crippen molar-refractivity contribution in [2.24, 2.45) is 0 Å². The Labute approximate surface area is 86.8 Å². The Kier molecular flexibility index (Phi) is 2.11. The van der Waals surface area contributed by atoms with Gasteiger partial charge in [-0.1, -0.05) is 23.7 Å². The van der Waals surface area contributed by atoms with Gasteiger partial charge >= 0.3 is 0 Å². The zero-order chi connectivity index (χ0) is 10.1. The minimum Gasteiger partial charge on any atom is -0.253 e. The number of nitrogens with zero attached hydrogens (tertiary/aromatic N) is 2. The number of nitriles is 1. The molecule has 0 saturated carbocycles. The smallest absolute Gasteiger partial charge is 0.101 e. The highest BCUT2D eigenvalue weighted by Crippen LogP contribution is 2.24. The molecule has 1 aromatic heterocycles. The maximum Gasteiger partial charge on any atom is 0.101 e. The van der Waals surface area contributed by atoms with Gasteiger partial charge < -0.3 is 0 Å². The molecule has 2 rings (SSSR count). The number of benzene rings is 1. The minimum atomic E-state index is 0.597. The number of fused-ring (bicyclic) bond motifs is 1. The second kappa shape index (κ2) is 3.28. The number of aryl methyl sites for hydroxylation is 1. The number of para-hydroxylation sites is 1. The summed E-state index contributed by atoms with van der Waals surface area (Å²) in [6.45, 7) is 1.90. The summed E-state index contributed by atoms with van der Waals surface area (Å²) in [4.78, 5) is 4.16. The molecule has 0 N–H and O–H groups in total. The molecule has 0 atom stereocenters. The van der Waals surface area contributed by atoms with Crippen molar-refractivity contribution in [2.75, 3.05) is 0 Å². The molecule has 3 heteroatoms. The van der Waals surface area contributed by atoms with Gasteiger partial charge in [0.25, 0.3) is 0 Å². The number of hydrogen-bond acceptors (Lipinski definition) is 2. The van der Waals surface area contributed by atoms with E-state index in [1.807, 2.05) is 19.1 Å². The molecule has 0 bridgehead atoms. The van der Waals surface area contributed by atoms with E-state index in [9.17, 15) is 0 Å². The molecule has 2 aromatic rings. The molecule has 0 aliphatic rings. The summed E-state index contributed by atoms with van der Waals surface area (Å²) in [5, 5.41) is 10.4. The lowest BCUT2D eigenvalue weighted by Crippen LogP contribution is -1.88. The molecule has 68 valence electrons. The molecule has 1 aromatic carbocycles. The third-order valence-electron chi connectivity index (χ3n) is 2.24. The normalized spacial score (nSPS) is 10.1. The molecule has 0 unspecified atom stereocenters. The standard InChI is InChI=1S/C11H7ClN2/c1-7-8(5-13)6-14-11-9(7)3-2-4-10(11)12/h2-4,6H,1H3. The molecular weight excluding hydrogens is 196 g/mol. The number of aromatic nitrogens is 1. The van der Waals surface area contributed by atoms with Crippen molar-refractivity contribution in [3.8, 4) is 6.07 Å². The van der Waals surface area contributed by atoms with Gasteiger partial charge in [0, 0.05) is 11.6 Å². The fourth-order valence-electron chi connectivity index (χ4n) is 1.43. The lowest BCUT2D eigenvalue weighted by atomic mass is 10.1. The van der Waals surface area contributed by atoms with Crippen molar-refractivity contribution in [3.63, 3.8) is 0 Å². The van der Waals surface area contributed by atoms with E-state index >= 15 is 0 Å². The predicted octanol–water partition coefficient (Wildman–Crippen LogP) is 3.07. The lowest BCUT2D eigenvalue weighted by molar-refractivity contribution is 1.32. The second-order valence-electron chi connectivity index (χ2n) is 3.04. The summed E-state index contributed by atoms with van der Waals surface area (Å²) in [5.41, 5.74) is 2.28. The van der Waals surface area contributed by atoms with Gasteiger partial charge in [-0.05, 0) is 18.6 Å². The van der Waals surface area contributed by atoms with Gasteiger partial charge in [0.05, 0.1) is 16.1 Å². The molecule has 1 heterocycles. The fourth-order valence-corrected chi connectivity index (χ4v) is 1.66. The van der Waals surface area contributed by atoms with Crippen LogP contribution in [0.5, 0.6) is 0 Å². The summed E-state index contributed by atoms with van der Waals surface area (Å²) in [7, 11) is 0. The fraction of sp³-hybridized carbons (Fsp3) is 0.0909. The van der Waals surface area contributed by atoms with Crippen LogP contribution in [-0.4, -0.2) is 4.98 Å². The van der Waals surface area contributed by atoms with E-state index in [0.29, 0.717) is 10.6 Å². The zero-order valence-electron chi connectivity index (χ0n) is 7.58. The van der Waals surface area contributed by atoms with Crippen LogP contribution in [0.2, 0.25) is 5.02 Å². The minimum absolute atomic E-state index is 0.597. The van der Waals surface area contributed by atoms with Gasteiger partial charge in [-0.15, -0.1) is 0 Å². The molecule has 0 saturated heterocycles. The summed E-state index contributed by atoms with van der Waals surface area (Å²) >= 11 is 5.98. The average molecular weight is 203 g/mol. The molecule has 14 heavy (non-hydrogen) atoms. The first kappa shape index (κ1) is 8.98. The Bertz CT molecular complexity index is 541. The van der Waals surface area contributed by atoms with E-state index in [-0.39, 0.29) is 0 Å². The van der Waals surface area contributed by atoms with E-state index < -0.39 is 0 Å². The quantitative estimate of drug-likeness (QED) is 0.658. The Hall–Kier alpha value is -1.59. The van der Waals surface area contributed by atoms with Gasteiger partial charge in [-0.2, -0.15) is 5.26 Å². The van der Waals surface area contributed by atoms with E-state index in [2.05, 4.69) is 11.1 Å². The van der Waals surface area contributed by atoms with Gasteiger partial charge in [-0.25, -0.2) is 0 Å². The molecular formula is C11H7ClN2. The van der Waals surface area contributed by atoms with Gasteiger partial charge in [0.15, 0.2) is 0 Å². The molecule has 0 aliphatic carbocycles. The Morgan fingerprint density at radius 2 is 2.21 bits per heavy atom. The zero-order valence-corrected chi connectivity index (χ0v) is 8.34. The average Bonchev–Trinajstić information content (AvgIpc) is 2.20.